The van der Waals surface area contributed by atoms with Crippen LogP contribution in [0.1, 0.15) is 20.8 Å². The molecule has 0 spiro atoms. The van der Waals surface area contributed by atoms with Crippen LogP contribution in [0, 0.1) is 5.41 Å². The molecule has 0 aliphatic carbocycles. The Bertz CT molecular complexity index is 719. The first-order valence-electron chi connectivity index (χ1n) is 5.97. The summed E-state index contributed by atoms with van der Waals surface area (Å²) in [5.41, 5.74) is -0.573. The molecule has 0 fully saturated rings. The van der Waals surface area contributed by atoms with Crippen LogP contribution in [0.15, 0.2) is 23.4 Å². The molecule has 0 unspecified atom stereocenters. The minimum atomic E-state index is -0.632. The van der Waals surface area contributed by atoms with E-state index in [2.05, 4.69) is 9.97 Å². The average molecular weight is 296 g/mol. The van der Waals surface area contributed by atoms with Crippen molar-refractivity contribution in [2.45, 2.75) is 27.5 Å². The van der Waals surface area contributed by atoms with Gasteiger partial charge in [-0.3, -0.25) is 14.2 Å². The summed E-state index contributed by atoms with van der Waals surface area (Å²) in [6, 6.07) is 1.59. The number of pyridine rings is 1. The predicted molar refractivity (Wildman–Crippen MR) is 74.4 cm³/mol. The predicted octanol–water partition coefficient (Wildman–Crippen LogP) is 1.99. The molecule has 2 rings (SSSR count). The van der Waals surface area contributed by atoms with Crippen molar-refractivity contribution in [2.75, 3.05) is 0 Å². The number of fused-ring (bicyclic) bond motifs is 1. The largest absolute Gasteiger partial charge is 0.443 e. The van der Waals surface area contributed by atoms with Gasteiger partial charge in [-0.25, -0.2) is 9.97 Å². The molecule has 0 aliphatic rings. The Balaban J connectivity index is 2.33. The van der Waals surface area contributed by atoms with Gasteiger partial charge in [-0.05, 0) is 26.8 Å². The van der Waals surface area contributed by atoms with E-state index in [0.717, 1.165) is 0 Å². The molecule has 7 heteroatoms. The second-order valence-electron chi connectivity index (χ2n) is 5.33. The fourth-order valence-electron chi connectivity index (χ4n) is 1.50. The molecule has 0 aromatic carbocycles. The lowest BCUT2D eigenvalue weighted by molar-refractivity contribution is -0.157. The standard InChI is InChI=1S/C13H14ClN3O3/c1-13(2,3)12(19)20-7-17-6-16-8-4-5-15-10(14)9(8)11(17)18/h4-6H,7H2,1-3H3. The van der Waals surface area contributed by atoms with Crippen molar-refractivity contribution >= 4 is 28.5 Å². The van der Waals surface area contributed by atoms with Gasteiger partial charge >= 0.3 is 5.97 Å². The Morgan fingerprint density at radius 2 is 2.10 bits per heavy atom. The number of rotatable bonds is 2. The monoisotopic (exact) mass is 295 g/mol. The van der Waals surface area contributed by atoms with E-state index in [-0.39, 0.29) is 17.3 Å². The van der Waals surface area contributed by atoms with Gasteiger partial charge in [0.05, 0.1) is 10.9 Å². The van der Waals surface area contributed by atoms with Gasteiger partial charge in [-0.15, -0.1) is 0 Å². The summed E-state index contributed by atoms with van der Waals surface area (Å²) >= 11 is 5.90. The molecule has 0 amide bonds. The number of ether oxygens (including phenoxy) is 1. The topological polar surface area (TPSA) is 74.1 Å². The first kappa shape index (κ1) is 14.5. The van der Waals surface area contributed by atoms with E-state index in [4.69, 9.17) is 16.3 Å². The van der Waals surface area contributed by atoms with Crippen LogP contribution in [0.25, 0.3) is 10.9 Å². The highest BCUT2D eigenvalue weighted by Crippen LogP contribution is 2.16. The number of hydrogen-bond acceptors (Lipinski definition) is 5. The summed E-state index contributed by atoms with van der Waals surface area (Å²) in [6.07, 6.45) is 2.79. The normalized spacial score (nSPS) is 11.6. The zero-order chi connectivity index (χ0) is 14.9. The summed E-state index contributed by atoms with van der Waals surface area (Å²) in [4.78, 5) is 31.8. The third kappa shape index (κ3) is 2.80. The first-order valence-corrected chi connectivity index (χ1v) is 6.35. The summed E-state index contributed by atoms with van der Waals surface area (Å²) in [5.74, 6) is -0.401. The molecule has 6 nitrogen and oxygen atoms in total. The molecule has 0 atom stereocenters. The molecule has 2 heterocycles. The SMILES string of the molecule is CC(C)(C)C(=O)OCn1cnc2ccnc(Cl)c2c1=O. The van der Waals surface area contributed by atoms with Crippen LogP contribution in [0.2, 0.25) is 5.15 Å². The quantitative estimate of drug-likeness (QED) is 0.626. The smallest absolute Gasteiger partial charge is 0.312 e. The van der Waals surface area contributed by atoms with E-state index >= 15 is 0 Å². The average Bonchev–Trinajstić information content (AvgIpc) is 2.36. The molecule has 20 heavy (non-hydrogen) atoms. The second-order valence-corrected chi connectivity index (χ2v) is 5.68. The van der Waals surface area contributed by atoms with Gasteiger partial charge in [0, 0.05) is 6.20 Å². The molecular weight excluding hydrogens is 282 g/mol. The van der Waals surface area contributed by atoms with E-state index in [1.165, 1.54) is 17.1 Å². The van der Waals surface area contributed by atoms with Crippen LogP contribution in [0.3, 0.4) is 0 Å². The lowest BCUT2D eigenvalue weighted by Gasteiger charge is -2.17. The molecular formula is C13H14ClN3O3. The lowest BCUT2D eigenvalue weighted by atomic mass is 9.98. The summed E-state index contributed by atoms with van der Waals surface area (Å²) in [7, 11) is 0. The number of carbonyl (C=O) groups is 1. The molecule has 0 saturated carbocycles. The van der Waals surface area contributed by atoms with Crippen molar-refractivity contribution in [3.63, 3.8) is 0 Å². The Hall–Kier alpha value is -1.95. The first-order chi connectivity index (χ1) is 9.30. The number of hydrogen-bond donors (Lipinski definition) is 0. The van der Waals surface area contributed by atoms with Gasteiger partial charge in [0.15, 0.2) is 6.73 Å². The van der Waals surface area contributed by atoms with Crippen LogP contribution >= 0.6 is 11.6 Å². The van der Waals surface area contributed by atoms with E-state index in [1.54, 1.807) is 26.8 Å². The maximum Gasteiger partial charge on any atom is 0.312 e. The number of nitrogens with zero attached hydrogens (tertiary/aromatic N) is 3. The zero-order valence-corrected chi connectivity index (χ0v) is 12.1. The molecule has 2 aromatic heterocycles. The van der Waals surface area contributed by atoms with Gasteiger partial charge in [-0.1, -0.05) is 11.6 Å². The summed E-state index contributed by atoms with van der Waals surface area (Å²) < 4.78 is 6.26. The molecule has 0 aliphatic heterocycles. The summed E-state index contributed by atoms with van der Waals surface area (Å²) in [5, 5.41) is 0.292. The van der Waals surface area contributed by atoms with Crippen LogP contribution in [0.5, 0.6) is 0 Å². The number of halogens is 1. The van der Waals surface area contributed by atoms with E-state index in [1.807, 2.05) is 0 Å². The minimum Gasteiger partial charge on any atom is -0.443 e. The molecule has 0 saturated heterocycles. The van der Waals surface area contributed by atoms with Crippen molar-refractivity contribution < 1.29 is 9.53 Å². The number of carbonyl (C=O) groups excluding carboxylic acids is 1. The maximum absolute atomic E-state index is 12.2. The fraction of sp³-hybridized carbons (Fsp3) is 0.385. The van der Waals surface area contributed by atoms with Crippen molar-refractivity contribution in [1.29, 1.82) is 0 Å². The molecule has 0 bridgehead atoms. The van der Waals surface area contributed by atoms with Gasteiger partial charge in [-0.2, -0.15) is 0 Å². The Labute approximate surface area is 120 Å². The van der Waals surface area contributed by atoms with E-state index in [9.17, 15) is 9.59 Å². The van der Waals surface area contributed by atoms with Gasteiger partial charge in [0.1, 0.15) is 16.9 Å². The van der Waals surface area contributed by atoms with Crippen LogP contribution in [-0.2, 0) is 16.3 Å². The van der Waals surface area contributed by atoms with Crippen molar-refractivity contribution in [3.8, 4) is 0 Å². The van der Waals surface area contributed by atoms with Crippen LogP contribution in [-0.4, -0.2) is 20.5 Å². The fourth-order valence-corrected chi connectivity index (χ4v) is 1.73. The molecule has 0 radical (unpaired) electrons. The maximum atomic E-state index is 12.2. The third-order valence-electron chi connectivity index (χ3n) is 2.64. The molecule has 2 aromatic rings. The van der Waals surface area contributed by atoms with Crippen molar-refractivity contribution in [2.24, 2.45) is 5.41 Å². The Morgan fingerprint density at radius 3 is 2.75 bits per heavy atom. The third-order valence-corrected chi connectivity index (χ3v) is 2.93. The van der Waals surface area contributed by atoms with Crippen LogP contribution < -0.4 is 5.56 Å². The minimum absolute atomic E-state index is 0.0801. The van der Waals surface area contributed by atoms with Gasteiger partial charge in [0.2, 0.25) is 0 Å². The lowest BCUT2D eigenvalue weighted by Crippen LogP contribution is -2.28. The summed E-state index contributed by atoms with van der Waals surface area (Å²) in [6.45, 7) is 5.00. The van der Waals surface area contributed by atoms with Crippen molar-refractivity contribution in [3.05, 3.63) is 34.1 Å². The number of esters is 1. The molecule has 106 valence electrons. The highest BCUT2D eigenvalue weighted by atomic mass is 35.5. The van der Waals surface area contributed by atoms with E-state index < -0.39 is 16.9 Å². The van der Waals surface area contributed by atoms with Gasteiger partial charge < -0.3 is 4.74 Å². The highest BCUT2D eigenvalue weighted by Gasteiger charge is 2.23. The van der Waals surface area contributed by atoms with Crippen LogP contribution in [0.4, 0.5) is 0 Å². The number of aromatic nitrogens is 3. The Morgan fingerprint density at radius 1 is 1.40 bits per heavy atom. The van der Waals surface area contributed by atoms with E-state index in [0.29, 0.717) is 5.52 Å². The zero-order valence-electron chi connectivity index (χ0n) is 11.4. The molecule has 0 N–H and O–H groups in total. The highest BCUT2D eigenvalue weighted by molar-refractivity contribution is 6.33. The van der Waals surface area contributed by atoms with Gasteiger partial charge in [0.25, 0.3) is 5.56 Å². The Kier molecular flexibility index (Phi) is 3.76. The van der Waals surface area contributed by atoms with Crippen molar-refractivity contribution in [1.82, 2.24) is 14.5 Å². The second kappa shape index (κ2) is 5.20.